The summed E-state index contributed by atoms with van der Waals surface area (Å²) in [5, 5.41) is 12.6. The first-order valence-corrected chi connectivity index (χ1v) is 13.0. The Balaban J connectivity index is 1.58. The number of rotatable bonds is 6. The first kappa shape index (κ1) is 24.9. The Morgan fingerprint density at radius 3 is 2.32 bits per heavy atom. The van der Waals surface area contributed by atoms with E-state index in [1.54, 1.807) is 21.3 Å². The van der Waals surface area contributed by atoms with Crippen molar-refractivity contribution in [3.63, 3.8) is 0 Å². The van der Waals surface area contributed by atoms with Gasteiger partial charge in [0.2, 0.25) is 5.95 Å². The van der Waals surface area contributed by atoms with Crippen LogP contribution in [0.3, 0.4) is 0 Å². The number of methoxy groups -OCH3 is 2. The van der Waals surface area contributed by atoms with Crippen molar-refractivity contribution in [2.45, 2.75) is 37.5 Å². The lowest BCUT2D eigenvalue weighted by molar-refractivity contribution is 0.204. The highest BCUT2D eigenvalue weighted by Crippen LogP contribution is 2.46. The first-order valence-electron chi connectivity index (χ1n) is 13.0. The van der Waals surface area contributed by atoms with Gasteiger partial charge in [0.1, 0.15) is 5.82 Å². The number of likely N-dealkylation sites (tertiary alicyclic amines) is 2. The molecule has 2 fully saturated rings. The highest BCUT2D eigenvalue weighted by atomic mass is 16.5. The molecule has 5 rings (SSSR count). The van der Waals surface area contributed by atoms with E-state index in [1.807, 2.05) is 6.07 Å². The van der Waals surface area contributed by atoms with Gasteiger partial charge in [0.05, 0.1) is 19.7 Å². The number of benzene rings is 2. The Morgan fingerprint density at radius 2 is 1.70 bits per heavy atom. The van der Waals surface area contributed by atoms with Gasteiger partial charge in [0.15, 0.2) is 17.5 Å². The summed E-state index contributed by atoms with van der Waals surface area (Å²) in [6.07, 6.45) is 4.86. The van der Waals surface area contributed by atoms with Crippen LogP contribution in [0.15, 0.2) is 36.4 Å². The Bertz CT molecular complexity index is 1270. The monoisotopic (exact) mass is 503 g/mol. The molecular weight excluding hydrogens is 466 g/mol. The lowest BCUT2D eigenvalue weighted by Gasteiger charge is -2.44. The molecule has 0 atom stereocenters. The highest BCUT2D eigenvalue weighted by Gasteiger charge is 2.39. The van der Waals surface area contributed by atoms with Crippen molar-refractivity contribution < 1.29 is 9.47 Å². The molecule has 0 aliphatic carbocycles. The fraction of sp³-hybridized carbons (Fsp3) is 0.464. The van der Waals surface area contributed by atoms with Gasteiger partial charge in [-0.15, -0.1) is 0 Å². The second kappa shape index (κ2) is 10.3. The van der Waals surface area contributed by atoms with E-state index in [0.29, 0.717) is 35.6 Å². The maximum atomic E-state index is 8.80. The number of nitrogens with two attached hydrogens (primary N) is 1. The van der Waals surface area contributed by atoms with Gasteiger partial charge >= 0.3 is 0 Å². The van der Waals surface area contributed by atoms with Crippen LogP contribution in [0.1, 0.15) is 36.8 Å². The van der Waals surface area contributed by atoms with Crippen molar-refractivity contribution in [2.24, 2.45) is 0 Å². The van der Waals surface area contributed by atoms with E-state index in [1.165, 1.54) is 18.4 Å². The van der Waals surface area contributed by atoms with Gasteiger partial charge in [0.25, 0.3) is 0 Å². The van der Waals surface area contributed by atoms with E-state index >= 15 is 0 Å². The van der Waals surface area contributed by atoms with Crippen LogP contribution in [0.25, 0.3) is 10.9 Å². The minimum atomic E-state index is -0.163. The molecule has 9 heteroatoms. The van der Waals surface area contributed by atoms with Crippen LogP contribution in [0, 0.1) is 5.41 Å². The number of fused-ring (bicyclic) bond motifs is 1. The van der Waals surface area contributed by atoms with Crippen LogP contribution in [-0.4, -0.2) is 73.2 Å². The number of nitrogens with one attached hydrogen (secondary N) is 2. The second-order valence-corrected chi connectivity index (χ2v) is 10.00. The number of ether oxygens (including phenoxy) is 2. The summed E-state index contributed by atoms with van der Waals surface area (Å²) in [5.41, 5.74) is 9.34. The Labute approximate surface area is 218 Å². The smallest absolute Gasteiger partial charge is 0.224 e. The molecule has 2 aliphatic rings. The number of guanidine groups is 1. The van der Waals surface area contributed by atoms with Crippen molar-refractivity contribution in [1.82, 2.24) is 19.8 Å². The average Bonchev–Trinajstić information content (AvgIpc) is 3.48. The number of aromatic nitrogens is 2. The molecule has 2 aliphatic heterocycles. The van der Waals surface area contributed by atoms with Gasteiger partial charge in [-0.25, -0.2) is 4.98 Å². The molecule has 2 aromatic carbocycles. The van der Waals surface area contributed by atoms with Gasteiger partial charge in [-0.05, 0) is 37.7 Å². The molecule has 0 amide bonds. The molecule has 0 radical (unpaired) electrons. The zero-order chi connectivity index (χ0) is 26.0. The van der Waals surface area contributed by atoms with Gasteiger partial charge in [-0.3, -0.25) is 5.41 Å². The van der Waals surface area contributed by atoms with Gasteiger partial charge < -0.3 is 30.3 Å². The molecule has 9 nitrogen and oxygen atoms in total. The zero-order valence-corrected chi connectivity index (χ0v) is 22.0. The van der Waals surface area contributed by atoms with Crippen molar-refractivity contribution in [3.8, 4) is 11.5 Å². The van der Waals surface area contributed by atoms with Crippen molar-refractivity contribution in [1.29, 1.82) is 5.41 Å². The van der Waals surface area contributed by atoms with Gasteiger partial charge in [-0.1, -0.05) is 30.3 Å². The largest absolute Gasteiger partial charge is 0.493 e. The van der Waals surface area contributed by atoms with E-state index in [4.69, 9.17) is 20.6 Å². The van der Waals surface area contributed by atoms with Crippen molar-refractivity contribution in [3.05, 3.63) is 47.5 Å². The fourth-order valence-corrected chi connectivity index (χ4v) is 5.99. The maximum Gasteiger partial charge on any atom is 0.224 e. The average molecular weight is 504 g/mol. The maximum absolute atomic E-state index is 8.80. The lowest BCUT2D eigenvalue weighted by atomic mass is 9.68. The zero-order valence-electron chi connectivity index (χ0n) is 22.0. The SMILES string of the molecule is CNc1nc(N)c2c(CC3(c4ccccc4)CCN(C(=N)N4CCCC4)CC3)c(OC)c(OC)cc2n1. The van der Waals surface area contributed by atoms with Crippen LogP contribution in [0.5, 0.6) is 11.5 Å². The fourth-order valence-electron chi connectivity index (χ4n) is 5.99. The van der Waals surface area contributed by atoms with Crippen LogP contribution in [-0.2, 0) is 11.8 Å². The van der Waals surface area contributed by atoms with Crippen molar-refractivity contribution in [2.75, 3.05) is 58.5 Å². The molecule has 4 N–H and O–H groups in total. The van der Waals surface area contributed by atoms with Crippen LogP contribution < -0.4 is 20.5 Å². The summed E-state index contributed by atoms with van der Waals surface area (Å²) in [7, 11) is 5.09. The van der Waals surface area contributed by atoms with E-state index in [0.717, 1.165) is 55.5 Å². The number of anilines is 2. The topological polar surface area (TPSA) is 113 Å². The normalized spacial score (nSPS) is 17.2. The van der Waals surface area contributed by atoms with Gasteiger partial charge in [0, 0.05) is 55.7 Å². The molecule has 0 unspecified atom stereocenters. The summed E-state index contributed by atoms with van der Waals surface area (Å²) < 4.78 is 11.7. The highest BCUT2D eigenvalue weighted by molar-refractivity contribution is 5.95. The molecule has 0 bridgehead atoms. The minimum absolute atomic E-state index is 0.163. The number of nitrogen functional groups attached to an aromatic ring is 1. The minimum Gasteiger partial charge on any atom is -0.493 e. The molecule has 3 heterocycles. The molecule has 1 aromatic heterocycles. The van der Waals surface area contributed by atoms with Crippen LogP contribution in [0.4, 0.5) is 11.8 Å². The standard InChI is InChI=1S/C28H37N7O2/c1-31-27-32-21-17-22(36-2)24(37-3)20(23(21)25(29)33-27)18-28(19-9-5-4-6-10-19)11-15-35(16-12-28)26(30)34-13-7-8-14-34/h4-6,9-10,17,30H,7-8,11-16,18H2,1-3H3,(H3,29,31,32,33). The second-order valence-electron chi connectivity index (χ2n) is 10.00. The van der Waals surface area contributed by atoms with Crippen LogP contribution >= 0.6 is 0 Å². The third-order valence-corrected chi connectivity index (χ3v) is 8.01. The molecule has 0 saturated carbocycles. The third kappa shape index (κ3) is 4.58. The third-order valence-electron chi connectivity index (χ3n) is 8.01. The molecule has 0 spiro atoms. The summed E-state index contributed by atoms with van der Waals surface area (Å²) in [6.45, 7) is 3.62. The van der Waals surface area contributed by atoms with Gasteiger partial charge in [-0.2, -0.15) is 4.98 Å². The summed E-state index contributed by atoms with van der Waals surface area (Å²) >= 11 is 0. The number of hydrogen-bond donors (Lipinski definition) is 3. The molecule has 2 saturated heterocycles. The van der Waals surface area contributed by atoms with E-state index < -0.39 is 0 Å². The Kier molecular flexibility index (Phi) is 6.95. The summed E-state index contributed by atoms with van der Waals surface area (Å²) in [5.74, 6) is 2.85. The Hall–Kier alpha value is -3.75. The number of hydrogen-bond acceptors (Lipinski definition) is 7. The number of piperidine rings is 1. The lowest BCUT2D eigenvalue weighted by Crippen LogP contribution is -2.50. The van der Waals surface area contributed by atoms with Crippen molar-refractivity contribution >= 4 is 28.6 Å². The number of nitrogens with zero attached hydrogens (tertiary/aromatic N) is 4. The predicted octanol–water partition coefficient (Wildman–Crippen LogP) is 3.88. The van der Waals surface area contributed by atoms with E-state index in [2.05, 4.69) is 55.4 Å². The Morgan fingerprint density at radius 1 is 1.03 bits per heavy atom. The summed E-state index contributed by atoms with van der Waals surface area (Å²) in [4.78, 5) is 13.6. The van der Waals surface area contributed by atoms with Crippen LogP contribution in [0.2, 0.25) is 0 Å². The molecule has 3 aromatic rings. The first-order chi connectivity index (χ1) is 18.0. The molecule has 196 valence electrons. The molecule has 37 heavy (non-hydrogen) atoms. The summed E-state index contributed by atoms with van der Waals surface area (Å²) in [6, 6.07) is 12.6. The van der Waals surface area contributed by atoms with E-state index in [-0.39, 0.29) is 5.41 Å². The van der Waals surface area contributed by atoms with E-state index in [9.17, 15) is 0 Å². The quantitative estimate of drug-likeness (QED) is 0.343. The predicted molar refractivity (Wildman–Crippen MR) is 148 cm³/mol. The molecular formula is C28H37N7O2.